The Morgan fingerprint density at radius 1 is 1.03 bits per heavy atom. The van der Waals surface area contributed by atoms with Gasteiger partial charge in [0.25, 0.3) is 0 Å². The second kappa shape index (κ2) is 10.5. The van der Waals surface area contributed by atoms with E-state index in [4.69, 9.17) is 21.7 Å². The van der Waals surface area contributed by atoms with Crippen LogP contribution in [0.3, 0.4) is 0 Å². The Morgan fingerprint density at radius 3 is 2.37 bits per heavy atom. The van der Waals surface area contributed by atoms with Gasteiger partial charge in [-0.1, -0.05) is 30.3 Å². The number of alkyl halides is 3. The standard InChI is InChI=1S/C24H22F4N4O2S/c25-17-8-6-16(7-9-17)23(10-12-33-13-11-23)15-29-22(35)32-21-30-19(24(26,27)28)14-20(31-21)34-18-4-2-1-3-5-18/h1-9,14H,10-13,15H2,(H2,29,30,31,32,35). The van der Waals surface area contributed by atoms with E-state index in [1.165, 1.54) is 12.1 Å². The molecule has 0 amide bonds. The Balaban J connectivity index is 1.50. The van der Waals surface area contributed by atoms with Crippen LogP contribution in [0.25, 0.3) is 0 Å². The SMILES string of the molecule is Fc1ccc(C2(CNC(=S)Nc3nc(Oc4ccccc4)cc(C(F)(F)F)n3)CCOCC2)cc1. The van der Waals surface area contributed by atoms with Crippen molar-refractivity contribution in [3.8, 4) is 11.6 Å². The number of benzene rings is 2. The van der Waals surface area contributed by atoms with Gasteiger partial charge in [-0.2, -0.15) is 18.2 Å². The van der Waals surface area contributed by atoms with Crippen molar-refractivity contribution in [3.63, 3.8) is 0 Å². The quantitative estimate of drug-likeness (QED) is 0.340. The van der Waals surface area contributed by atoms with Crippen molar-refractivity contribution >= 4 is 23.3 Å². The van der Waals surface area contributed by atoms with Gasteiger partial charge in [0.05, 0.1) is 0 Å². The number of anilines is 1. The highest BCUT2D eigenvalue weighted by molar-refractivity contribution is 7.80. The molecule has 4 rings (SSSR count). The van der Waals surface area contributed by atoms with Gasteiger partial charge in [0.15, 0.2) is 10.8 Å². The van der Waals surface area contributed by atoms with Gasteiger partial charge >= 0.3 is 6.18 Å². The first-order valence-electron chi connectivity index (χ1n) is 10.8. The molecule has 1 aliphatic rings. The third kappa shape index (κ3) is 6.43. The summed E-state index contributed by atoms with van der Waals surface area (Å²) >= 11 is 5.32. The minimum atomic E-state index is -4.71. The number of nitrogens with zero attached hydrogens (tertiary/aromatic N) is 2. The summed E-state index contributed by atoms with van der Waals surface area (Å²) in [6.45, 7) is 1.41. The Kier molecular flexibility index (Phi) is 7.46. The average Bonchev–Trinajstić information content (AvgIpc) is 2.84. The average molecular weight is 507 g/mol. The van der Waals surface area contributed by atoms with E-state index in [1.807, 2.05) is 0 Å². The minimum Gasteiger partial charge on any atom is -0.439 e. The highest BCUT2D eigenvalue weighted by Gasteiger charge is 2.36. The molecular formula is C24H22F4N4O2S. The van der Waals surface area contributed by atoms with E-state index in [0.717, 1.165) is 11.6 Å². The largest absolute Gasteiger partial charge is 0.439 e. The monoisotopic (exact) mass is 506 g/mol. The second-order valence-corrected chi connectivity index (χ2v) is 8.44. The molecule has 0 aliphatic carbocycles. The Hall–Kier alpha value is -3.31. The molecule has 0 spiro atoms. The lowest BCUT2D eigenvalue weighted by Crippen LogP contribution is -2.45. The summed E-state index contributed by atoms with van der Waals surface area (Å²) in [5, 5.41) is 5.72. The molecule has 2 aromatic carbocycles. The predicted molar refractivity (Wildman–Crippen MR) is 126 cm³/mol. The summed E-state index contributed by atoms with van der Waals surface area (Å²) in [6.07, 6.45) is -3.37. The lowest BCUT2D eigenvalue weighted by Gasteiger charge is -2.38. The number of halogens is 4. The van der Waals surface area contributed by atoms with Gasteiger partial charge in [0.2, 0.25) is 11.8 Å². The molecule has 0 unspecified atom stereocenters. The van der Waals surface area contributed by atoms with Crippen LogP contribution in [0.4, 0.5) is 23.5 Å². The molecule has 1 saturated heterocycles. The number of ether oxygens (including phenoxy) is 2. The number of hydrogen-bond donors (Lipinski definition) is 2. The van der Waals surface area contributed by atoms with Crippen LogP contribution in [-0.2, 0) is 16.3 Å². The molecule has 1 fully saturated rings. The normalized spacial score (nSPS) is 15.3. The summed E-state index contributed by atoms with van der Waals surface area (Å²) in [5.41, 5.74) is -0.629. The highest BCUT2D eigenvalue weighted by atomic mass is 32.1. The number of thiocarbonyl (C=S) groups is 1. The van der Waals surface area contributed by atoms with Crippen molar-refractivity contribution in [2.45, 2.75) is 24.4 Å². The van der Waals surface area contributed by atoms with Crippen LogP contribution in [0.5, 0.6) is 11.6 Å². The molecule has 1 aromatic heterocycles. The third-order valence-corrected chi connectivity index (χ3v) is 5.92. The fourth-order valence-corrected chi connectivity index (χ4v) is 3.98. The van der Waals surface area contributed by atoms with E-state index in [0.29, 0.717) is 38.3 Å². The lowest BCUT2D eigenvalue weighted by molar-refractivity contribution is -0.141. The summed E-state index contributed by atoms with van der Waals surface area (Å²) < 4.78 is 64.7. The zero-order valence-electron chi connectivity index (χ0n) is 18.4. The van der Waals surface area contributed by atoms with Crippen molar-refractivity contribution in [1.82, 2.24) is 15.3 Å². The number of hydrogen-bond acceptors (Lipinski definition) is 5. The van der Waals surface area contributed by atoms with E-state index in [9.17, 15) is 17.6 Å². The molecule has 35 heavy (non-hydrogen) atoms. The molecule has 2 heterocycles. The Bertz CT molecular complexity index is 1150. The maximum Gasteiger partial charge on any atom is 0.433 e. The van der Waals surface area contributed by atoms with Gasteiger partial charge in [0, 0.05) is 31.2 Å². The molecule has 0 atom stereocenters. The molecule has 11 heteroatoms. The van der Waals surface area contributed by atoms with Crippen LogP contribution < -0.4 is 15.4 Å². The summed E-state index contributed by atoms with van der Waals surface area (Å²) in [5.74, 6) is -0.648. The molecule has 3 aromatic rings. The van der Waals surface area contributed by atoms with Crippen LogP contribution in [0.2, 0.25) is 0 Å². The van der Waals surface area contributed by atoms with E-state index in [2.05, 4.69) is 20.6 Å². The molecule has 2 N–H and O–H groups in total. The molecule has 0 radical (unpaired) electrons. The molecule has 184 valence electrons. The van der Waals surface area contributed by atoms with Crippen LogP contribution in [-0.4, -0.2) is 34.8 Å². The van der Waals surface area contributed by atoms with Gasteiger partial charge in [-0.25, -0.2) is 9.37 Å². The van der Waals surface area contributed by atoms with Crippen LogP contribution in [0, 0.1) is 5.82 Å². The maximum atomic E-state index is 13.4. The van der Waals surface area contributed by atoms with Crippen molar-refractivity contribution in [1.29, 1.82) is 0 Å². The van der Waals surface area contributed by atoms with E-state index in [1.54, 1.807) is 42.5 Å². The van der Waals surface area contributed by atoms with Gasteiger partial charge in [-0.05, 0) is 54.9 Å². The van der Waals surface area contributed by atoms with Crippen molar-refractivity contribution < 1.29 is 27.0 Å². The number of aromatic nitrogens is 2. The maximum absolute atomic E-state index is 13.4. The summed E-state index contributed by atoms with van der Waals surface area (Å²) in [4.78, 5) is 7.58. The van der Waals surface area contributed by atoms with Gasteiger partial charge in [0.1, 0.15) is 11.6 Å². The Labute approximate surface area is 204 Å². The number of nitrogens with one attached hydrogen (secondary N) is 2. The molecule has 6 nitrogen and oxygen atoms in total. The Morgan fingerprint density at radius 2 is 1.71 bits per heavy atom. The fourth-order valence-electron chi connectivity index (χ4n) is 3.82. The first-order chi connectivity index (χ1) is 16.7. The second-order valence-electron chi connectivity index (χ2n) is 8.04. The summed E-state index contributed by atoms with van der Waals surface area (Å²) in [7, 11) is 0. The highest BCUT2D eigenvalue weighted by Crippen LogP contribution is 2.35. The van der Waals surface area contributed by atoms with Gasteiger partial charge in [-0.3, -0.25) is 0 Å². The molecule has 0 saturated carbocycles. The first-order valence-corrected chi connectivity index (χ1v) is 11.2. The van der Waals surface area contributed by atoms with E-state index in [-0.39, 0.29) is 28.2 Å². The van der Waals surface area contributed by atoms with Crippen LogP contribution >= 0.6 is 12.2 Å². The van der Waals surface area contributed by atoms with E-state index >= 15 is 0 Å². The fraction of sp³-hybridized carbons (Fsp3) is 0.292. The number of rotatable bonds is 6. The topological polar surface area (TPSA) is 68.3 Å². The van der Waals surface area contributed by atoms with Crippen molar-refractivity contribution in [2.75, 3.05) is 25.1 Å². The predicted octanol–water partition coefficient (Wildman–Crippen LogP) is 5.46. The first kappa shape index (κ1) is 24.8. The van der Waals surface area contributed by atoms with Crippen molar-refractivity contribution in [2.24, 2.45) is 0 Å². The van der Waals surface area contributed by atoms with Gasteiger partial charge < -0.3 is 20.1 Å². The lowest BCUT2D eigenvalue weighted by atomic mass is 9.74. The van der Waals surface area contributed by atoms with Crippen molar-refractivity contribution in [3.05, 3.63) is 77.7 Å². The zero-order valence-corrected chi connectivity index (χ0v) is 19.3. The van der Waals surface area contributed by atoms with Crippen LogP contribution in [0.1, 0.15) is 24.1 Å². The minimum absolute atomic E-state index is 0.0444. The molecular weight excluding hydrogens is 484 g/mol. The van der Waals surface area contributed by atoms with E-state index < -0.39 is 11.9 Å². The number of para-hydroxylation sites is 1. The smallest absolute Gasteiger partial charge is 0.433 e. The zero-order chi connectivity index (χ0) is 24.9. The molecule has 1 aliphatic heterocycles. The third-order valence-electron chi connectivity index (χ3n) is 5.68. The van der Waals surface area contributed by atoms with Gasteiger partial charge in [-0.15, -0.1) is 0 Å². The van der Waals surface area contributed by atoms with Crippen LogP contribution in [0.15, 0.2) is 60.7 Å². The summed E-state index contributed by atoms with van der Waals surface area (Å²) in [6, 6.07) is 15.3. The molecule has 0 bridgehead atoms.